The highest BCUT2D eigenvalue weighted by atomic mass is 35.5. The van der Waals surface area contributed by atoms with Crippen LogP contribution in [0.4, 0.5) is 5.82 Å². The van der Waals surface area contributed by atoms with E-state index in [0.717, 1.165) is 30.4 Å². The van der Waals surface area contributed by atoms with Gasteiger partial charge in [0.2, 0.25) is 0 Å². The highest BCUT2D eigenvalue weighted by Gasteiger charge is 2.16. The minimum absolute atomic E-state index is 0.533. The predicted molar refractivity (Wildman–Crippen MR) is 80.7 cm³/mol. The fraction of sp³-hybridized carbons (Fsp3) is 0.733. The standard InChI is InChI=1S/C15H24ClN3/c1-3-5-14-18-13(16)10-15(19-14)17-12-7-4-6-11(2)8-9-12/h10-12H,3-9H2,1-2H3,(H,17,18,19). The lowest BCUT2D eigenvalue weighted by molar-refractivity contribution is 0.502. The van der Waals surface area contributed by atoms with E-state index in [4.69, 9.17) is 11.6 Å². The molecule has 2 rings (SSSR count). The monoisotopic (exact) mass is 281 g/mol. The summed E-state index contributed by atoms with van der Waals surface area (Å²) in [6.45, 7) is 4.48. The number of aromatic nitrogens is 2. The third-order valence-corrected chi connectivity index (χ3v) is 4.02. The van der Waals surface area contributed by atoms with Crippen molar-refractivity contribution in [1.29, 1.82) is 0 Å². The van der Waals surface area contributed by atoms with E-state index in [2.05, 4.69) is 29.1 Å². The summed E-state index contributed by atoms with van der Waals surface area (Å²) in [7, 11) is 0. The van der Waals surface area contributed by atoms with Gasteiger partial charge in [0.15, 0.2) is 0 Å². The first-order valence-electron chi connectivity index (χ1n) is 7.47. The van der Waals surface area contributed by atoms with E-state index < -0.39 is 0 Å². The van der Waals surface area contributed by atoms with E-state index in [1.165, 1.54) is 32.1 Å². The first-order valence-corrected chi connectivity index (χ1v) is 7.85. The highest BCUT2D eigenvalue weighted by Crippen LogP contribution is 2.25. The average molecular weight is 282 g/mol. The Balaban J connectivity index is 2.01. The lowest BCUT2D eigenvalue weighted by Gasteiger charge is -2.17. The summed E-state index contributed by atoms with van der Waals surface area (Å²) in [6.07, 6.45) is 8.35. The molecule has 0 radical (unpaired) electrons. The Morgan fingerprint density at radius 2 is 2.11 bits per heavy atom. The quantitative estimate of drug-likeness (QED) is 0.654. The molecule has 0 bridgehead atoms. The van der Waals surface area contributed by atoms with Crippen molar-refractivity contribution in [1.82, 2.24) is 9.97 Å². The molecule has 0 spiro atoms. The van der Waals surface area contributed by atoms with Crippen molar-refractivity contribution in [3.05, 3.63) is 17.0 Å². The van der Waals surface area contributed by atoms with Gasteiger partial charge < -0.3 is 5.32 Å². The Hall–Kier alpha value is -0.830. The maximum Gasteiger partial charge on any atom is 0.134 e. The van der Waals surface area contributed by atoms with Gasteiger partial charge in [-0.2, -0.15) is 0 Å². The van der Waals surface area contributed by atoms with Crippen molar-refractivity contribution in [2.24, 2.45) is 5.92 Å². The van der Waals surface area contributed by atoms with E-state index in [0.29, 0.717) is 11.2 Å². The minimum Gasteiger partial charge on any atom is -0.367 e. The number of rotatable bonds is 4. The topological polar surface area (TPSA) is 37.8 Å². The summed E-state index contributed by atoms with van der Waals surface area (Å²) in [4.78, 5) is 8.82. The lowest BCUT2D eigenvalue weighted by atomic mass is 10.0. The Morgan fingerprint density at radius 3 is 2.89 bits per heavy atom. The molecule has 1 aromatic heterocycles. The summed E-state index contributed by atoms with van der Waals surface area (Å²) in [5, 5.41) is 4.09. The van der Waals surface area contributed by atoms with Gasteiger partial charge in [0.05, 0.1) is 0 Å². The van der Waals surface area contributed by atoms with Gasteiger partial charge in [-0.3, -0.25) is 0 Å². The molecular weight excluding hydrogens is 258 g/mol. The number of aryl methyl sites for hydroxylation is 1. The molecule has 3 nitrogen and oxygen atoms in total. The van der Waals surface area contributed by atoms with Crippen molar-refractivity contribution in [2.75, 3.05) is 5.32 Å². The maximum atomic E-state index is 6.07. The SMILES string of the molecule is CCCc1nc(Cl)cc(NC2CCCC(C)CC2)n1. The Bertz CT molecular complexity index is 408. The van der Waals surface area contributed by atoms with Crippen LogP contribution >= 0.6 is 11.6 Å². The summed E-state index contributed by atoms with van der Waals surface area (Å²) < 4.78 is 0. The third kappa shape index (κ3) is 4.64. The molecule has 1 saturated carbocycles. The Labute approximate surface area is 121 Å². The largest absolute Gasteiger partial charge is 0.367 e. The Kier molecular flexibility index (Phi) is 5.44. The molecule has 1 heterocycles. The fourth-order valence-electron chi connectivity index (χ4n) is 2.71. The van der Waals surface area contributed by atoms with Crippen LogP contribution in [0.2, 0.25) is 5.15 Å². The first-order chi connectivity index (χ1) is 9.17. The fourth-order valence-corrected chi connectivity index (χ4v) is 2.92. The van der Waals surface area contributed by atoms with Gasteiger partial charge in [-0.1, -0.05) is 38.3 Å². The smallest absolute Gasteiger partial charge is 0.134 e. The summed E-state index contributed by atoms with van der Waals surface area (Å²) in [5.74, 6) is 2.60. The zero-order valence-corrected chi connectivity index (χ0v) is 12.7. The van der Waals surface area contributed by atoms with Crippen LogP contribution in [0.25, 0.3) is 0 Å². The molecule has 0 aliphatic heterocycles. The van der Waals surface area contributed by atoms with Gasteiger partial charge in [-0.25, -0.2) is 9.97 Å². The molecule has 1 aliphatic carbocycles. The molecule has 2 unspecified atom stereocenters. The average Bonchev–Trinajstić information content (AvgIpc) is 2.54. The molecule has 0 amide bonds. The van der Waals surface area contributed by atoms with Gasteiger partial charge >= 0.3 is 0 Å². The van der Waals surface area contributed by atoms with Crippen LogP contribution in [-0.2, 0) is 6.42 Å². The number of hydrogen-bond donors (Lipinski definition) is 1. The molecule has 1 N–H and O–H groups in total. The van der Waals surface area contributed by atoms with E-state index >= 15 is 0 Å². The van der Waals surface area contributed by atoms with Crippen LogP contribution in [0.15, 0.2) is 6.07 Å². The molecule has 4 heteroatoms. The van der Waals surface area contributed by atoms with Crippen molar-refractivity contribution in [2.45, 2.75) is 64.8 Å². The normalized spacial score (nSPS) is 23.9. The minimum atomic E-state index is 0.533. The molecule has 106 valence electrons. The number of anilines is 1. The summed E-state index contributed by atoms with van der Waals surface area (Å²) in [5.41, 5.74) is 0. The molecular formula is C15H24ClN3. The van der Waals surface area contributed by atoms with Crippen molar-refractivity contribution in [3.8, 4) is 0 Å². The van der Waals surface area contributed by atoms with E-state index in [-0.39, 0.29) is 0 Å². The van der Waals surface area contributed by atoms with Crippen molar-refractivity contribution in [3.63, 3.8) is 0 Å². The number of hydrogen-bond acceptors (Lipinski definition) is 3. The third-order valence-electron chi connectivity index (χ3n) is 3.82. The summed E-state index contributed by atoms with van der Waals surface area (Å²) in [6, 6.07) is 2.38. The molecule has 1 fully saturated rings. The lowest BCUT2D eigenvalue weighted by Crippen LogP contribution is -2.19. The van der Waals surface area contributed by atoms with Gasteiger partial charge in [0.1, 0.15) is 16.8 Å². The van der Waals surface area contributed by atoms with E-state index in [1.807, 2.05) is 6.07 Å². The van der Waals surface area contributed by atoms with Crippen LogP contribution in [-0.4, -0.2) is 16.0 Å². The van der Waals surface area contributed by atoms with Crippen LogP contribution in [0, 0.1) is 5.92 Å². The second-order valence-corrected chi connectivity index (χ2v) is 6.08. The van der Waals surface area contributed by atoms with E-state index in [1.54, 1.807) is 0 Å². The van der Waals surface area contributed by atoms with Crippen LogP contribution in [0.5, 0.6) is 0 Å². The zero-order valence-electron chi connectivity index (χ0n) is 12.0. The molecule has 1 aromatic rings. The highest BCUT2D eigenvalue weighted by molar-refractivity contribution is 6.29. The van der Waals surface area contributed by atoms with E-state index in [9.17, 15) is 0 Å². The predicted octanol–water partition coefficient (Wildman–Crippen LogP) is 4.46. The van der Waals surface area contributed by atoms with Crippen molar-refractivity contribution >= 4 is 17.4 Å². The van der Waals surface area contributed by atoms with Gasteiger partial charge in [0.25, 0.3) is 0 Å². The molecule has 0 aromatic carbocycles. The summed E-state index contributed by atoms with van der Waals surface area (Å²) >= 11 is 6.07. The second kappa shape index (κ2) is 7.09. The number of nitrogens with zero attached hydrogens (tertiary/aromatic N) is 2. The van der Waals surface area contributed by atoms with Crippen LogP contribution in [0.1, 0.15) is 58.2 Å². The van der Waals surface area contributed by atoms with Gasteiger partial charge in [-0.15, -0.1) is 0 Å². The molecule has 1 aliphatic rings. The van der Waals surface area contributed by atoms with Crippen molar-refractivity contribution < 1.29 is 0 Å². The van der Waals surface area contributed by atoms with Gasteiger partial charge in [-0.05, 0) is 31.6 Å². The van der Waals surface area contributed by atoms with Crippen LogP contribution in [0.3, 0.4) is 0 Å². The first kappa shape index (κ1) is 14.6. The second-order valence-electron chi connectivity index (χ2n) is 5.70. The van der Waals surface area contributed by atoms with Gasteiger partial charge in [0, 0.05) is 18.5 Å². The number of nitrogens with one attached hydrogen (secondary N) is 1. The molecule has 19 heavy (non-hydrogen) atoms. The van der Waals surface area contributed by atoms with Crippen LogP contribution < -0.4 is 5.32 Å². The maximum absolute atomic E-state index is 6.07. The molecule has 0 saturated heterocycles. The number of halogens is 1. The Morgan fingerprint density at radius 1 is 1.26 bits per heavy atom. The molecule has 2 atom stereocenters. The zero-order chi connectivity index (χ0) is 13.7.